The molecule has 3 N–H and O–H groups in total. The molecule has 5 nitrogen and oxygen atoms in total. The van der Waals surface area contributed by atoms with Crippen molar-refractivity contribution in [2.24, 2.45) is 5.41 Å². The Bertz CT molecular complexity index is 446. The summed E-state index contributed by atoms with van der Waals surface area (Å²) in [5.74, 6) is -0.477. The van der Waals surface area contributed by atoms with Gasteiger partial charge in [0.05, 0.1) is 6.10 Å². The second kappa shape index (κ2) is 5.14. The number of rotatable bonds is 3. The first kappa shape index (κ1) is 13.4. The molecule has 1 aromatic heterocycles. The summed E-state index contributed by atoms with van der Waals surface area (Å²) in [5, 5.41) is 12.3. The molecule has 1 rings (SSSR count). The highest BCUT2D eigenvalue weighted by Crippen LogP contribution is 2.18. The van der Waals surface area contributed by atoms with Crippen molar-refractivity contribution in [3.8, 4) is 0 Å². The number of aromatic nitrogens is 1. The van der Waals surface area contributed by atoms with Crippen LogP contribution in [0.4, 0.5) is 0 Å². The minimum atomic E-state index is -0.658. The zero-order chi connectivity index (χ0) is 13.1. The van der Waals surface area contributed by atoms with Gasteiger partial charge in [0.15, 0.2) is 0 Å². The summed E-state index contributed by atoms with van der Waals surface area (Å²) >= 11 is 0. The molecule has 94 valence electrons. The van der Waals surface area contributed by atoms with E-state index < -0.39 is 17.6 Å². The number of amides is 1. The molecule has 0 bridgehead atoms. The molecule has 0 aliphatic rings. The smallest absolute Gasteiger partial charge is 0.260 e. The number of carbonyl (C=O) groups excluding carboxylic acids is 1. The van der Waals surface area contributed by atoms with E-state index in [0.717, 1.165) is 0 Å². The van der Waals surface area contributed by atoms with Crippen LogP contribution in [0.3, 0.4) is 0 Å². The first-order valence-electron chi connectivity index (χ1n) is 5.46. The maximum absolute atomic E-state index is 11.7. The van der Waals surface area contributed by atoms with Crippen LogP contribution in [0.15, 0.2) is 23.1 Å². The second-order valence-corrected chi connectivity index (χ2v) is 5.00. The summed E-state index contributed by atoms with van der Waals surface area (Å²) in [6.45, 7) is 5.74. The summed E-state index contributed by atoms with van der Waals surface area (Å²) in [6.07, 6.45) is 0.803. The number of hydrogen-bond donors (Lipinski definition) is 3. The van der Waals surface area contributed by atoms with E-state index in [-0.39, 0.29) is 17.5 Å². The van der Waals surface area contributed by atoms with E-state index in [1.807, 2.05) is 20.8 Å². The molecule has 1 heterocycles. The molecule has 0 aromatic carbocycles. The van der Waals surface area contributed by atoms with Crippen LogP contribution in [0, 0.1) is 5.41 Å². The highest BCUT2D eigenvalue weighted by molar-refractivity contribution is 5.93. The van der Waals surface area contributed by atoms with Crippen LogP contribution in [0.2, 0.25) is 0 Å². The van der Waals surface area contributed by atoms with Crippen molar-refractivity contribution in [1.29, 1.82) is 0 Å². The summed E-state index contributed by atoms with van der Waals surface area (Å²) in [5.41, 5.74) is -0.694. The fourth-order valence-electron chi connectivity index (χ4n) is 1.19. The Labute approximate surface area is 99.9 Å². The minimum absolute atomic E-state index is 0.0496. The molecule has 0 aliphatic carbocycles. The summed E-state index contributed by atoms with van der Waals surface area (Å²) < 4.78 is 0. The van der Waals surface area contributed by atoms with Gasteiger partial charge >= 0.3 is 0 Å². The number of aliphatic hydroxyl groups is 1. The Kier molecular flexibility index (Phi) is 4.07. The monoisotopic (exact) mass is 238 g/mol. The van der Waals surface area contributed by atoms with Crippen LogP contribution in [-0.2, 0) is 0 Å². The lowest BCUT2D eigenvalue weighted by molar-refractivity contribution is 0.0586. The molecular formula is C12H18N2O3. The van der Waals surface area contributed by atoms with Crippen molar-refractivity contribution in [1.82, 2.24) is 10.3 Å². The van der Waals surface area contributed by atoms with Crippen LogP contribution < -0.4 is 10.9 Å². The van der Waals surface area contributed by atoms with Gasteiger partial charge in [0.25, 0.3) is 11.5 Å². The van der Waals surface area contributed by atoms with Gasteiger partial charge < -0.3 is 15.4 Å². The highest BCUT2D eigenvalue weighted by Gasteiger charge is 2.22. The number of H-pyrrole nitrogens is 1. The molecule has 0 saturated heterocycles. The van der Waals surface area contributed by atoms with E-state index in [4.69, 9.17) is 0 Å². The SMILES string of the molecule is CC(C)(C)C(O)CNC(=O)c1ccc[nH]c1=O. The van der Waals surface area contributed by atoms with Crippen molar-refractivity contribution < 1.29 is 9.90 Å². The van der Waals surface area contributed by atoms with Crippen molar-refractivity contribution >= 4 is 5.91 Å². The van der Waals surface area contributed by atoms with Crippen LogP contribution in [0.1, 0.15) is 31.1 Å². The number of hydrogen-bond acceptors (Lipinski definition) is 3. The van der Waals surface area contributed by atoms with Gasteiger partial charge in [-0.25, -0.2) is 0 Å². The quantitative estimate of drug-likeness (QED) is 0.717. The average molecular weight is 238 g/mol. The number of nitrogens with one attached hydrogen (secondary N) is 2. The largest absolute Gasteiger partial charge is 0.391 e. The molecule has 1 unspecified atom stereocenters. The average Bonchev–Trinajstić information content (AvgIpc) is 2.24. The van der Waals surface area contributed by atoms with Gasteiger partial charge in [-0.3, -0.25) is 9.59 Å². The molecule has 1 aromatic rings. The van der Waals surface area contributed by atoms with Crippen molar-refractivity contribution in [3.05, 3.63) is 34.2 Å². The lowest BCUT2D eigenvalue weighted by Crippen LogP contribution is -2.40. The predicted molar refractivity (Wildman–Crippen MR) is 64.9 cm³/mol. The second-order valence-electron chi connectivity index (χ2n) is 5.00. The molecule has 1 amide bonds. The molecule has 17 heavy (non-hydrogen) atoms. The summed E-state index contributed by atoms with van der Waals surface area (Å²) in [6, 6.07) is 3.02. The Hall–Kier alpha value is -1.62. The third kappa shape index (κ3) is 3.71. The van der Waals surface area contributed by atoms with Gasteiger partial charge in [-0.1, -0.05) is 20.8 Å². The number of carbonyl (C=O) groups is 1. The molecule has 5 heteroatoms. The molecule has 0 radical (unpaired) electrons. The van der Waals surface area contributed by atoms with Gasteiger partial charge in [-0.05, 0) is 17.5 Å². The van der Waals surface area contributed by atoms with Gasteiger partial charge in [0.2, 0.25) is 0 Å². The minimum Gasteiger partial charge on any atom is -0.391 e. The number of aromatic amines is 1. The Morgan fingerprint density at radius 1 is 1.53 bits per heavy atom. The van der Waals surface area contributed by atoms with E-state index in [1.165, 1.54) is 12.3 Å². The van der Waals surface area contributed by atoms with Gasteiger partial charge in [-0.15, -0.1) is 0 Å². The maximum atomic E-state index is 11.7. The maximum Gasteiger partial charge on any atom is 0.260 e. The van der Waals surface area contributed by atoms with Crippen LogP contribution in [0.5, 0.6) is 0 Å². The van der Waals surface area contributed by atoms with E-state index >= 15 is 0 Å². The van der Waals surface area contributed by atoms with E-state index in [2.05, 4.69) is 10.3 Å². The third-order valence-electron chi connectivity index (χ3n) is 2.52. The fourth-order valence-corrected chi connectivity index (χ4v) is 1.19. The number of pyridine rings is 1. The van der Waals surface area contributed by atoms with Crippen molar-refractivity contribution in [3.63, 3.8) is 0 Å². The van der Waals surface area contributed by atoms with E-state index in [0.29, 0.717) is 0 Å². The summed E-state index contributed by atoms with van der Waals surface area (Å²) in [4.78, 5) is 25.4. The van der Waals surface area contributed by atoms with E-state index in [9.17, 15) is 14.7 Å². The molecule has 0 aliphatic heterocycles. The topological polar surface area (TPSA) is 82.2 Å². The molecule has 0 saturated carbocycles. The zero-order valence-electron chi connectivity index (χ0n) is 10.3. The zero-order valence-corrected chi connectivity index (χ0v) is 10.3. The first-order valence-corrected chi connectivity index (χ1v) is 5.46. The van der Waals surface area contributed by atoms with Gasteiger partial charge in [0.1, 0.15) is 5.56 Å². The molecular weight excluding hydrogens is 220 g/mol. The van der Waals surface area contributed by atoms with Crippen LogP contribution >= 0.6 is 0 Å². The third-order valence-corrected chi connectivity index (χ3v) is 2.52. The Morgan fingerprint density at radius 3 is 2.71 bits per heavy atom. The Morgan fingerprint density at radius 2 is 2.18 bits per heavy atom. The lowest BCUT2D eigenvalue weighted by Gasteiger charge is -2.25. The van der Waals surface area contributed by atoms with Gasteiger partial charge in [0, 0.05) is 12.7 Å². The number of aliphatic hydroxyl groups excluding tert-OH is 1. The van der Waals surface area contributed by atoms with Crippen LogP contribution in [0.25, 0.3) is 0 Å². The van der Waals surface area contributed by atoms with Crippen molar-refractivity contribution in [2.45, 2.75) is 26.9 Å². The van der Waals surface area contributed by atoms with Gasteiger partial charge in [-0.2, -0.15) is 0 Å². The highest BCUT2D eigenvalue weighted by atomic mass is 16.3. The molecule has 0 fully saturated rings. The fraction of sp³-hybridized carbons (Fsp3) is 0.500. The summed E-state index contributed by atoms with van der Waals surface area (Å²) in [7, 11) is 0. The predicted octanol–water partition coefficient (Wildman–Crippen LogP) is 0.512. The Balaban J connectivity index is 2.63. The van der Waals surface area contributed by atoms with Crippen molar-refractivity contribution in [2.75, 3.05) is 6.54 Å². The molecule has 0 spiro atoms. The van der Waals surface area contributed by atoms with E-state index in [1.54, 1.807) is 6.07 Å². The normalized spacial score (nSPS) is 13.2. The lowest BCUT2D eigenvalue weighted by atomic mass is 9.89. The molecule has 1 atom stereocenters. The first-order chi connectivity index (χ1) is 7.82. The standard InChI is InChI=1S/C12H18N2O3/c1-12(2,3)9(15)7-14-11(17)8-5-4-6-13-10(8)16/h4-6,9,15H,7H2,1-3H3,(H,13,16)(H,14,17). The van der Waals surface area contributed by atoms with Crippen LogP contribution in [-0.4, -0.2) is 28.6 Å².